The molecule has 0 rings (SSSR count). The lowest BCUT2D eigenvalue weighted by atomic mass is 10.2. The van der Waals surface area contributed by atoms with E-state index in [4.69, 9.17) is 5.73 Å². The molecule has 0 heterocycles. The Bertz CT molecular complexity index is 189. The Morgan fingerprint density at radius 3 is 2.20 bits per heavy atom. The van der Waals surface area contributed by atoms with Gasteiger partial charge in [0.15, 0.2) is 0 Å². The molecule has 58 valence electrons. The summed E-state index contributed by atoms with van der Waals surface area (Å²) in [6, 6.07) is 0. The van der Waals surface area contributed by atoms with Crippen LogP contribution in [0.5, 0.6) is 0 Å². The summed E-state index contributed by atoms with van der Waals surface area (Å²) in [5.41, 5.74) is 4.84. The summed E-state index contributed by atoms with van der Waals surface area (Å²) in [4.78, 5) is 21.1. The number of hydrogen-bond acceptors (Lipinski definition) is 2. The van der Waals surface area contributed by atoms with Gasteiger partial charge < -0.3 is 11.1 Å². The molecule has 4 heteroatoms. The summed E-state index contributed by atoms with van der Waals surface area (Å²) in [5, 5.41) is 2.29. The highest BCUT2D eigenvalue weighted by Gasteiger charge is 2.10. The van der Waals surface area contributed by atoms with Gasteiger partial charge in [-0.3, -0.25) is 9.59 Å². The lowest BCUT2D eigenvalue weighted by molar-refractivity contribution is -0.121. The van der Waals surface area contributed by atoms with Crippen LogP contribution in [0, 0.1) is 0 Å². The number of carbonyl (C=O) groups excluding carboxylic acids is 2. The molecule has 0 radical (unpaired) electrons. The monoisotopic (exact) mass is 144 g/mol. The fourth-order valence-corrected chi connectivity index (χ4v) is 0.520. The number of nitrogens with one attached hydrogen (secondary N) is 1. The van der Waals surface area contributed by atoms with Crippen LogP contribution in [0.4, 0.5) is 0 Å². The highest BCUT2D eigenvalue weighted by atomic mass is 16.2. The number of allylic oxidation sites excluding steroid dienone is 1. The zero-order chi connectivity index (χ0) is 8.15. The normalized spacial score (nSPS) is 10.8. The van der Waals surface area contributed by atoms with Crippen LogP contribution in [0.2, 0.25) is 0 Å². The maximum atomic E-state index is 10.7. The second kappa shape index (κ2) is 3.66. The van der Waals surface area contributed by atoms with Crippen molar-refractivity contribution < 1.29 is 11.0 Å². The van der Waals surface area contributed by atoms with Crippen LogP contribution in [0.15, 0.2) is 11.6 Å². The number of rotatable bonds is 2. The van der Waals surface area contributed by atoms with E-state index in [1.165, 1.54) is 13.1 Å². The lowest BCUT2D eigenvalue weighted by Gasteiger charge is -1.98. The van der Waals surface area contributed by atoms with Crippen molar-refractivity contribution in [1.82, 2.24) is 5.32 Å². The standard InChI is InChI=1S/C6H10N2O2.H2/c1-3-4(5(7)9)6(10)8-2;/h3H,1-2H3,(H2,7,9)(H,8,10);1H/b4-3+;. The average Bonchev–Trinajstić information content (AvgIpc) is 1.88. The predicted octanol–water partition coefficient (Wildman–Crippen LogP) is -0.590. The van der Waals surface area contributed by atoms with Gasteiger partial charge in [0, 0.05) is 8.47 Å². The van der Waals surface area contributed by atoms with Crippen molar-refractivity contribution in [3.63, 3.8) is 0 Å². The Hall–Kier alpha value is -1.32. The van der Waals surface area contributed by atoms with E-state index in [1.807, 2.05) is 0 Å². The van der Waals surface area contributed by atoms with E-state index in [1.54, 1.807) is 6.92 Å². The summed E-state index contributed by atoms with van der Waals surface area (Å²) in [7, 11) is 1.44. The Balaban J connectivity index is 0. The predicted molar refractivity (Wildman–Crippen MR) is 39.1 cm³/mol. The van der Waals surface area contributed by atoms with Crippen molar-refractivity contribution in [2.45, 2.75) is 6.92 Å². The third-order valence-corrected chi connectivity index (χ3v) is 1.03. The third kappa shape index (κ3) is 1.89. The number of carbonyl (C=O) groups is 2. The molecule has 0 atom stereocenters. The molecule has 2 amide bonds. The summed E-state index contributed by atoms with van der Waals surface area (Å²) in [6.07, 6.45) is 1.38. The largest absolute Gasteiger partial charge is 0.365 e. The SMILES string of the molecule is C/C=C(\C(N)=O)C(=O)NC.[HH]. The highest BCUT2D eigenvalue weighted by Crippen LogP contribution is 1.90. The highest BCUT2D eigenvalue weighted by molar-refractivity contribution is 6.17. The first kappa shape index (κ1) is 8.68. The Labute approximate surface area is 60.6 Å². The molecular formula is C6H12N2O2. The van der Waals surface area contributed by atoms with Crippen molar-refractivity contribution in [2.24, 2.45) is 5.73 Å². The second-order valence-electron chi connectivity index (χ2n) is 1.65. The van der Waals surface area contributed by atoms with E-state index in [-0.39, 0.29) is 7.00 Å². The quantitative estimate of drug-likeness (QED) is 0.309. The van der Waals surface area contributed by atoms with Crippen LogP contribution >= 0.6 is 0 Å². The zero-order valence-electron chi connectivity index (χ0n) is 5.97. The molecule has 0 saturated carbocycles. The maximum Gasteiger partial charge on any atom is 0.256 e. The summed E-state index contributed by atoms with van der Waals surface area (Å²) >= 11 is 0. The smallest absolute Gasteiger partial charge is 0.256 e. The van der Waals surface area contributed by atoms with Crippen LogP contribution in [0.25, 0.3) is 0 Å². The molecule has 4 nitrogen and oxygen atoms in total. The van der Waals surface area contributed by atoms with E-state index in [9.17, 15) is 9.59 Å². The van der Waals surface area contributed by atoms with E-state index in [2.05, 4.69) is 5.32 Å². The minimum absolute atomic E-state index is 0. The van der Waals surface area contributed by atoms with Crippen LogP contribution in [-0.2, 0) is 9.59 Å². The number of nitrogens with two attached hydrogens (primary N) is 1. The van der Waals surface area contributed by atoms with Crippen molar-refractivity contribution in [2.75, 3.05) is 7.05 Å². The van der Waals surface area contributed by atoms with Gasteiger partial charge in [-0.05, 0) is 6.92 Å². The first-order chi connectivity index (χ1) is 4.63. The number of primary amides is 1. The van der Waals surface area contributed by atoms with Crippen LogP contribution in [0.3, 0.4) is 0 Å². The topological polar surface area (TPSA) is 72.2 Å². The van der Waals surface area contributed by atoms with E-state index < -0.39 is 11.8 Å². The number of hydrogen-bond donors (Lipinski definition) is 2. The van der Waals surface area contributed by atoms with Crippen molar-refractivity contribution in [3.05, 3.63) is 11.6 Å². The minimum atomic E-state index is -0.707. The van der Waals surface area contributed by atoms with Gasteiger partial charge in [0.1, 0.15) is 0 Å². The Morgan fingerprint density at radius 1 is 1.60 bits per heavy atom. The molecule has 0 fully saturated rings. The molecule has 0 aliphatic carbocycles. The van der Waals surface area contributed by atoms with Gasteiger partial charge in [0.05, 0.1) is 5.57 Å². The summed E-state index contributed by atoms with van der Waals surface area (Å²) in [6.45, 7) is 1.58. The fourth-order valence-electron chi connectivity index (χ4n) is 0.520. The summed E-state index contributed by atoms with van der Waals surface area (Å²) in [5.74, 6) is -1.16. The molecule has 0 aliphatic heterocycles. The van der Waals surface area contributed by atoms with Crippen LogP contribution in [0.1, 0.15) is 8.35 Å². The molecule has 10 heavy (non-hydrogen) atoms. The number of amides is 2. The average molecular weight is 144 g/mol. The summed E-state index contributed by atoms with van der Waals surface area (Å²) < 4.78 is 0. The third-order valence-electron chi connectivity index (χ3n) is 1.03. The van der Waals surface area contributed by atoms with Gasteiger partial charge in [0.25, 0.3) is 11.8 Å². The van der Waals surface area contributed by atoms with E-state index >= 15 is 0 Å². The molecule has 0 aliphatic rings. The molecule has 0 saturated heterocycles. The molecule has 0 unspecified atom stereocenters. The van der Waals surface area contributed by atoms with Gasteiger partial charge in [0.2, 0.25) is 0 Å². The molecule has 0 aromatic carbocycles. The van der Waals surface area contributed by atoms with E-state index in [0.717, 1.165) is 0 Å². The molecule has 0 aromatic heterocycles. The molecular weight excluding hydrogens is 132 g/mol. The Kier molecular flexibility index (Phi) is 3.17. The maximum absolute atomic E-state index is 10.7. The second-order valence-corrected chi connectivity index (χ2v) is 1.65. The molecule has 0 bridgehead atoms. The van der Waals surface area contributed by atoms with E-state index in [0.29, 0.717) is 0 Å². The lowest BCUT2D eigenvalue weighted by Crippen LogP contribution is -2.28. The van der Waals surface area contributed by atoms with Crippen molar-refractivity contribution in [3.8, 4) is 0 Å². The van der Waals surface area contributed by atoms with Gasteiger partial charge in [-0.15, -0.1) is 0 Å². The first-order valence-corrected chi connectivity index (χ1v) is 2.81. The van der Waals surface area contributed by atoms with Gasteiger partial charge in [-0.1, -0.05) is 6.08 Å². The molecule has 0 spiro atoms. The number of likely N-dealkylation sites (N-methyl/N-ethyl adjacent to an activating group) is 1. The first-order valence-electron chi connectivity index (χ1n) is 2.81. The van der Waals surface area contributed by atoms with Crippen LogP contribution < -0.4 is 11.1 Å². The van der Waals surface area contributed by atoms with Gasteiger partial charge >= 0.3 is 0 Å². The van der Waals surface area contributed by atoms with Crippen LogP contribution in [-0.4, -0.2) is 18.9 Å². The van der Waals surface area contributed by atoms with Crippen molar-refractivity contribution >= 4 is 11.8 Å². The van der Waals surface area contributed by atoms with Gasteiger partial charge in [-0.2, -0.15) is 0 Å². The van der Waals surface area contributed by atoms with Crippen molar-refractivity contribution in [1.29, 1.82) is 0 Å². The van der Waals surface area contributed by atoms with Gasteiger partial charge in [-0.25, -0.2) is 0 Å². The fraction of sp³-hybridized carbons (Fsp3) is 0.333. The zero-order valence-corrected chi connectivity index (χ0v) is 5.97. The Morgan fingerprint density at radius 2 is 2.10 bits per heavy atom. The minimum Gasteiger partial charge on any atom is -0.365 e. The molecule has 0 aromatic rings. The molecule has 3 N–H and O–H groups in total.